The van der Waals surface area contributed by atoms with Crippen LogP contribution in [0.2, 0.25) is 0 Å². The summed E-state index contributed by atoms with van der Waals surface area (Å²) in [6.07, 6.45) is -2.99. The molecule has 0 spiro atoms. The van der Waals surface area contributed by atoms with Crippen LogP contribution in [0.5, 0.6) is 0 Å². The number of carbonyl (C=O) groups excluding carboxylic acids is 1. The smallest absolute Gasteiger partial charge is 0.368 e. The van der Waals surface area contributed by atoms with Gasteiger partial charge in [0.05, 0.1) is 0 Å². The molecule has 0 saturated carbocycles. The van der Waals surface area contributed by atoms with Gasteiger partial charge in [0.15, 0.2) is 5.82 Å². The van der Waals surface area contributed by atoms with E-state index in [9.17, 15) is 18.0 Å². The molecule has 1 aromatic rings. The number of aromatic nitrogens is 2. The Morgan fingerprint density at radius 2 is 2.14 bits per heavy atom. The number of alkyl halides is 3. The molecule has 0 aromatic carbocycles. The van der Waals surface area contributed by atoms with Gasteiger partial charge >= 0.3 is 12.1 Å². The molecule has 1 aromatic heterocycles. The lowest BCUT2D eigenvalue weighted by atomic mass is 10.1. The lowest BCUT2D eigenvalue weighted by Crippen LogP contribution is -2.37. The van der Waals surface area contributed by atoms with Gasteiger partial charge in [-0.3, -0.25) is 4.79 Å². The van der Waals surface area contributed by atoms with E-state index in [1.807, 2.05) is 0 Å². The summed E-state index contributed by atoms with van der Waals surface area (Å²) in [6.45, 7) is 1.35. The van der Waals surface area contributed by atoms with Crippen LogP contribution in [-0.4, -0.2) is 46.7 Å². The zero-order valence-electron chi connectivity index (χ0n) is 11.1. The number of rotatable bonds is 2. The largest absolute Gasteiger partial charge is 0.471 e. The first-order valence-corrected chi connectivity index (χ1v) is 6.76. The maximum Gasteiger partial charge on any atom is 0.471 e. The quantitative estimate of drug-likeness (QED) is 0.830. The second-order valence-corrected chi connectivity index (χ2v) is 5.23. The van der Waals surface area contributed by atoms with Crippen molar-refractivity contribution in [1.29, 1.82) is 0 Å². The fraction of sp³-hybridized carbons (Fsp3) is 0.750. The highest BCUT2D eigenvalue weighted by Crippen LogP contribution is 2.31. The second-order valence-electron chi connectivity index (χ2n) is 5.23. The van der Waals surface area contributed by atoms with Crippen LogP contribution in [-0.2, 0) is 15.7 Å². The van der Waals surface area contributed by atoms with Crippen LogP contribution >= 0.6 is 0 Å². The van der Waals surface area contributed by atoms with Crippen molar-refractivity contribution >= 4 is 5.91 Å². The van der Waals surface area contributed by atoms with E-state index < -0.39 is 18.2 Å². The number of ether oxygens (including phenoxy) is 1. The van der Waals surface area contributed by atoms with E-state index in [0.29, 0.717) is 32.5 Å². The van der Waals surface area contributed by atoms with Crippen LogP contribution in [0.4, 0.5) is 13.2 Å². The molecule has 9 heteroatoms. The average molecular weight is 305 g/mol. The van der Waals surface area contributed by atoms with Gasteiger partial charge in [0.2, 0.25) is 0 Å². The summed E-state index contributed by atoms with van der Waals surface area (Å²) < 4.78 is 46.8. The summed E-state index contributed by atoms with van der Waals surface area (Å²) in [5.41, 5.74) is 0. The van der Waals surface area contributed by atoms with Gasteiger partial charge in [-0.2, -0.15) is 18.2 Å². The van der Waals surface area contributed by atoms with E-state index in [2.05, 4.69) is 14.7 Å². The first-order chi connectivity index (χ1) is 9.95. The summed E-state index contributed by atoms with van der Waals surface area (Å²) >= 11 is 0. The molecule has 0 radical (unpaired) electrons. The number of carbonyl (C=O) groups is 1. The molecule has 116 valence electrons. The van der Waals surface area contributed by atoms with Crippen LogP contribution in [0.15, 0.2) is 4.52 Å². The highest BCUT2D eigenvalue weighted by Gasteiger charge is 2.40. The highest BCUT2D eigenvalue weighted by atomic mass is 19.4. The van der Waals surface area contributed by atoms with Crippen molar-refractivity contribution in [3.8, 4) is 0 Å². The van der Waals surface area contributed by atoms with Gasteiger partial charge < -0.3 is 14.2 Å². The molecule has 0 aliphatic carbocycles. The van der Waals surface area contributed by atoms with Crippen LogP contribution < -0.4 is 0 Å². The fourth-order valence-corrected chi connectivity index (χ4v) is 2.66. The maximum atomic E-state index is 12.4. The Morgan fingerprint density at radius 3 is 2.76 bits per heavy atom. The predicted octanol–water partition coefficient (Wildman–Crippen LogP) is 1.58. The van der Waals surface area contributed by atoms with Crippen LogP contribution in [0.1, 0.15) is 36.9 Å². The molecular weight excluding hydrogens is 291 g/mol. The molecule has 0 bridgehead atoms. The summed E-state index contributed by atoms with van der Waals surface area (Å²) in [5, 5.41) is 3.38. The molecule has 6 nitrogen and oxygen atoms in total. The van der Waals surface area contributed by atoms with E-state index in [1.54, 1.807) is 4.90 Å². The van der Waals surface area contributed by atoms with Gasteiger partial charge in [0.25, 0.3) is 5.91 Å². The maximum absolute atomic E-state index is 12.4. The zero-order valence-corrected chi connectivity index (χ0v) is 11.1. The van der Waals surface area contributed by atoms with Gasteiger partial charge in [-0.25, -0.2) is 0 Å². The minimum Gasteiger partial charge on any atom is -0.368 e. The Labute approximate surface area is 118 Å². The van der Waals surface area contributed by atoms with Crippen molar-refractivity contribution < 1.29 is 27.2 Å². The summed E-state index contributed by atoms with van der Waals surface area (Å²) in [5.74, 6) is -1.77. The SMILES string of the molecule is O=C([C@@H]1CCCO1)N1CC[C@@H](c2noc(C(F)(F)F)n2)C1. The molecule has 3 rings (SSSR count). The Kier molecular flexibility index (Phi) is 3.60. The first-order valence-electron chi connectivity index (χ1n) is 6.76. The summed E-state index contributed by atoms with van der Waals surface area (Å²) in [6, 6.07) is 0. The molecule has 2 fully saturated rings. The third-order valence-corrected chi connectivity index (χ3v) is 3.75. The third-order valence-electron chi connectivity index (χ3n) is 3.75. The third kappa shape index (κ3) is 2.87. The van der Waals surface area contributed by atoms with Gasteiger partial charge in [0, 0.05) is 25.6 Å². The summed E-state index contributed by atoms with van der Waals surface area (Å²) in [7, 11) is 0. The number of hydrogen-bond donors (Lipinski definition) is 0. The Morgan fingerprint density at radius 1 is 1.33 bits per heavy atom. The summed E-state index contributed by atoms with van der Waals surface area (Å²) in [4.78, 5) is 17.1. The van der Waals surface area contributed by atoms with Crippen molar-refractivity contribution in [1.82, 2.24) is 15.0 Å². The topological polar surface area (TPSA) is 68.5 Å². The van der Waals surface area contributed by atoms with E-state index in [1.165, 1.54) is 0 Å². The van der Waals surface area contributed by atoms with E-state index in [4.69, 9.17) is 4.74 Å². The lowest BCUT2D eigenvalue weighted by molar-refractivity contribution is -0.159. The van der Waals surface area contributed by atoms with Crippen LogP contribution in [0, 0.1) is 0 Å². The van der Waals surface area contributed by atoms with Crippen molar-refractivity contribution in [2.45, 2.75) is 37.5 Å². The molecule has 0 N–H and O–H groups in total. The Bertz CT molecular complexity index is 525. The number of likely N-dealkylation sites (tertiary alicyclic amines) is 1. The highest BCUT2D eigenvalue weighted by molar-refractivity contribution is 5.81. The van der Waals surface area contributed by atoms with E-state index in [-0.39, 0.29) is 17.6 Å². The standard InChI is InChI=1S/C12H14F3N3O3/c13-12(14,15)11-16-9(17-21-11)7-3-4-18(6-7)10(19)8-2-1-5-20-8/h7-8H,1-6H2/t7-,8+/m1/s1. The number of nitrogens with zero attached hydrogens (tertiary/aromatic N) is 3. The van der Waals surface area contributed by atoms with Crippen molar-refractivity contribution in [3.63, 3.8) is 0 Å². The second kappa shape index (κ2) is 5.28. The number of hydrogen-bond acceptors (Lipinski definition) is 5. The normalized spacial score (nSPS) is 26.5. The monoisotopic (exact) mass is 305 g/mol. The molecule has 21 heavy (non-hydrogen) atoms. The lowest BCUT2D eigenvalue weighted by Gasteiger charge is -2.19. The van der Waals surface area contributed by atoms with Crippen molar-refractivity contribution in [2.24, 2.45) is 0 Å². The van der Waals surface area contributed by atoms with Gasteiger partial charge in [-0.1, -0.05) is 5.16 Å². The molecule has 3 heterocycles. The molecule has 2 aliphatic heterocycles. The van der Waals surface area contributed by atoms with Crippen LogP contribution in [0.3, 0.4) is 0 Å². The molecule has 2 aliphatic rings. The van der Waals surface area contributed by atoms with Crippen LogP contribution in [0.25, 0.3) is 0 Å². The number of halogens is 3. The molecule has 0 unspecified atom stereocenters. The Hall–Kier alpha value is -1.64. The molecule has 1 amide bonds. The van der Waals surface area contributed by atoms with Gasteiger partial charge in [0.1, 0.15) is 6.10 Å². The van der Waals surface area contributed by atoms with Gasteiger partial charge in [-0.05, 0) is 19.3 Å². The van der Waals surface area contributed by atoms with Crippen molar-refractivity contribution in [2.75, 3.05) is 19.7 Å². The zero-order chi connectivity index (χ0) is 15.0. The molecular formula is C12H14F3N3O3. The molecule has 2 saturated heterocycles. The minimum atomic E-state index is -4.64. The average Bonchev–Trinajstić information content (AvgIpc) is 3.17. The Balaban J connectivity index is 1.64. The number of amides is 1. The fourth-order valence-electron chi connectivity index (χ4n) is 2.66. The molecule has 2 atom stereocenters. The van der Waals surface area contributed by atoms with Crippen molar-refractivity contribution in [3.05, 3.63) is 11.7 Å². The van der Waals surface area contributed by atoms with E-state index in [0.717, 1.165) is 6.42 Å². The minimum absolute atomic E-state index is 0.00460. The first kappa shape index (κ1) is 14.3. The van der Waals surface area contributed by atoms with E-state index >= 15 is 0 Å². The van der Waals surface area contributed by atoms with Gasteiger partial charge in [-0.15, -0.1) is 0 Å². The predicted molar refractivity (Wildman–Crippen MR) is 62.2 cm³/mol.